The fourth-order valence-corrected chi connectivity index (χ4v) is 7.93. The maximum atomic E-state index is 12.8. The van der Waals surface area contributed by atoms with Crippen LogP contribution in [0.3, 0.4) is 0 Å². The molecule has 0 spiro atoms. The molecule has 0 radical (unpaired) electrons. The van der Waals surface area contributed by atoms with Gasteiger partial charge < -0.3 is 39.4 Å². The van der Waals surface area contributed by atoms with Crippen molar-refractivity contribution in [1.29, 1.82) is 0 Å². The summed E-state index contributed by atoms with van der Waals surface area (Å²) in [6, 6.07) is 0. The van der Waals surface area contributed by atoms with Gasteiger partial charge in [-0.3, -0.25) is 4.79 Å². The van der Waals surface area contributed by atoms with Crippen molar-refractivity contribution in [1.82, 2.24) is 0 Å². The molecule has 0 aromatic heterocycles. The van der Waals surface area contributed by atoms with Gasteiger partial charge in [0.05, 0.1) is 19.8 Å². The number of aliphatic hydroxyl groups is 4. The number of esters is 1. The molecule has 1 fully saturated rings. The Bertz CT molecular complexity index is 1050. The molecule has 1 aliphatic heterocycles. The van der Waals surface area contributed by atoms with Crippen LogP contribution in [0.25, 0.3) is 0 Å². The van der Waals surface area contributed by atoms with E-state index in [9.17, 15) is 25.2 Å². The average molecular weight is 879 g/mol. The van der Waals surface area contributed by atoms with Crippen molar-refractivity contribution in [2.45, 2.75) is 269 Å². The summed E-state index contributed by atoms with van der Waals surface area (Å²) >= 11 is 0. The van der Waals surface area contributed by atoms with Crippen LogP contribution in [-0.4, -0.2) is 89.6 Å². The van der Waals surface area contributed by atoms with Gasteiger partial charge in [-0.1, -0.05) is 192 Å². The number of rotatable bonds is 45. The number of hydrogen-bond acceptors (Lipinski definition) is 9. The second kappa shape index (κ2) is 44.6. The molecule has 6 unspecified atom stereocenters. The molecule has 364 valence electrons. The molecule has 0 aromatic rings. The third-order valence-electron chi connectivity index (χ3n) is 12.0. The quantitative estimate of drug-likeness (QED) is 0.0268. The van der Waals surface area contributed by atoms with Crippen LogP contribution in [0.5, 0.6) is 0 Å². The third kappa shape index (κ3) is 34.8. The van der Waals surface area contributed by atoms with Gasteiger partial charge >= 0.3 is 5.97 Å². The fraction of sp³-hybridized carbons (Fsp3) is 0.868. The number of ether oxygens (including phenoxy) is 4. The lowest BCUT2D eigenvalue weighted by molar-refractivity contribution is -0.305. The Balaban J connectivity index is 2.20. The Kier molecular flexibility index (Phi) is 42.0. The van der Waals surface area contributed by atoms with Crippen LogP contribution in [0.1, 0.15) is 232 Å². The van der Waals surface area contributed by atoms with Crippen molar-refractivity contribution in [2.24, 2.45) is 0 Å². The first kappa shape index (κ1) is 58.4. The molecular weight excluding hydrogens is 781 g/mol. The zero-order valence-electron chi connectivity index (χ0n) is 40.1. The number of allylic oxidation sites excluding steroid dienone is 6. The van der Waals surface area contributed by atoms with Gasteiger partial charge in [0, 0.05) is 13.0 Å². The molecule has 62 heavy (non-hydrogen) atoms. The van der Waals surface area contributed by atoms with Gasteiger partial charge in [0.2, 0.25) is 0 Å². The lowest BCUT2D eigenvalue weighted by Gasteiger charge is -2.39. The largest absolute Gasteiger partial charge is 0.457 e. The Morgan fingerprint density at radius 2 is 0.935 bits per heavy atom. The van der Waals surface area contributed by atoms with Crippen LogP contribution < -0.4 is 0 Å². The number of carbonyl (C=O) groups is 1. The predicted octanol–water partition coefficient (Wildman–Crippen LogP) is 12.7. The highest BCUT2D eigenvalue weighted by Crippen LogP contribution is 2.23. The van der Waals surface area contributed by atoms with Gasteiger partial charge in [0.1, 0.15) is 30.5 Å². The maximum absolute atomic E-state index is 12.8. The van der Waals surface area contributed by atoms with E-state index in [1.54, 1.807) is 0 Å². The summed E-state index contributed by atoms with van der Waals surface area (Å²) in [5, 5.41) is 40.2. The highest BCUT2D eigenvalue weighted by Gasteiger charge is 2.44. The molecule has 1 saturated heterocycles. The second-order valence-corrected chi connectivity index (χ2v) is 18.0. The van der Waals surface area contributed by atoms with E-state index < -0.39 is 43.4 Å². The van der Waals surface area contributed by atoms with E-state index in [0.717, 1.165) is 38.5 Å². The molecular formula is C53H98O9. The van der Waals surface area contributed by atoms with E-state index in [-0.39, 0.29) is 19.2 Å². The molecule has 0 aliphatic carbocycles. The van der Waals surface area contributed by atoms with Crippen molar-refractivity contribution in [2.75, 3.05) is 26.4 Å². The van der Waals surface area contributed by atoms with E-state index in [0.29, 0.717) is 13.0 Å². The Hall–Kier alpha value is -1.59. The molecule has 1 rings (SSSR count). The zero-order chi connectivity index (χ0) is 45.0. The van der Waals surface area contributed by atoms with E-state index in [1.807, 2.05) is 0 Å². The minimum Gasteiger partial charge on any atom is -0.457 e. The lowest BCUT2D eigenvalue weighted by Crippen LogP contribution is -2.59. The molecule has 9 heteroatoms. The Morgan fingerprint density at radius 1 is 0.516 bits per heavy atom. The highest BCUT2D eigenvalue weighted by atomic mass is 16.7. The number of hydrogen-bond donors (Lipinski definition) is 4. The van der Waals surface area contributed by atoms with Gasteiger partial charge in [-0.15, -0.1) is 0 Å². The van der Waals surface area contributed by atoms with E-state index in [2.05, 4.69) is 50.3 Å². The van der Waals surface area contributed by atoms with E-state index in [1.165, 1.54) is 173 Å². The van der Waals surface area contributed by atoms with Gasteiger partial charge in [0.25, 0.3) is 0 Å². The van der Waals surface area contributed by atoms with Crippen LogP contribution in [0, 0.1) is 0 Å². The first-order chi connectivity index (χ1) is 30.4. The maximum Gasteiger partial charge on any atom is 0.306 e. The summed E-state index contributed by atoms with van der Waals surface area (Å²) < 4.78 is 22.9. The number of aliphatic hydroxyl groups excluding tert-OH is 4. The summed E-state index contributed by atoms with van der Waals surface area (Å²) in [4.78, 5) is 12.8. The smallest absolute Gasteiger partial charge is 0.306 e. The van der Waals surface area contributed by atoms with Crippen LogP contribution in [0.4, 0.5) is 0 Å². The average Bonchev–Trinajstić information content (AvgIpc) is 3.27. The SMILES string of the molecule is CCCCCCC/C=C\C/C=C\CCCCCCCCCCCCOCC(COC1OC(CO)C(O)C(O)C1O)OC(=O)CCCCCCCCC/C=C\CCCCCCCC. The lowest BCUT2D eigenvalue weighted by atomic mass is 9.99. The molecule has 0 bridgehead atoms. The predicted molar refractivity (Wildman–Crippen MR) is 256 cm³/mol. The highest BCUT2D eigenvalue weighted by molar-refractivity contribution is 5.69. The van der Waals surface area contributed by atoms with Crippen LogP contribution in [0.2, 0.25) is 0 Å². The van der Waals surface area contributed by atoms with Crippen molar-refractivity contribution < 1.29 is 44.2 Å². The standard InChI is InChI=1S/C53H98O9/c1-3-5-7-9-11-13-15-17-19-21-22-23-24-25-27-29-31-33-35-37-39-41-43-59-45-47(46-60-53-52(58)51(57)50(56)48(44-54)62-53)61-49(55)42-40-38-36-34-32-30-28-26-20-18-16-14-12-10-8-6-4-2/h15,17-18,20-22,47-48,50-54,56-58H,3-14,16,19,23-46H2,1-2H3/b17-15-,20-18-,22-21-. The van der Waals surface area contributed by atoms with Gasteiger partial charge in [0.15, 0.2) is 6.29 Å². The summed E-state index contributed by atoms with van der Waals surface area (Å²) in [5.74, 6) is -0.317. The van der Waals surface area contributed by atoms with Gasteiger partial charge in [-0.2, -0.15) is 0 Å². The third-order valence-corrected chi connectivity index (χ3v) is 12.0. The summed E-state index contributed by atoms with van der Waals surface area (Å²) in [6.07, 6.45) is 47.5. The molecule has 1 aliphatic rings. The molecule has 9 nitrogen and oxygen atoms in total. The minimum atomic E-state index is -1.54. The Morgan fingerprint density at radius 3 is 1.40 bits per heavy atom. The first-order valence-corrected chi connectivity index (χ1v) is 26.1. The first-order valence-electron chi connectivity index (χ1n) is 26.1. The zero-order valence-corrected chi connectivity index (χ0v) is 40.1. The number of unbranched alkanes of at least 4 members (excludes halogenated alkanes) is 28. The minimum absolute atomic E-state index is 0.115. The monoisotopic (exact) mass is 879 g/mol. The van der Waals surface area contributed by atoms with Crippen LogP contribution in [0.15, 0.2) is 36.5 Å². The van der Waals surface area contributed by atoms with Gasteiger partial charge in [-0.05, 0) is 70.6 Å². The second-order valence-electron chi connectivity index (χ2n) is 18.0. The topological polar surface area (TPSA) is 135 Å². The molecule has 6 atom stereocenters. The molecule has 4 N–H and O–H groups in total. The van der Waals surface area contributed by atoms with Crippen molar-refractivity contribution >= 4 is 5.97 Å². The summed E-state index contributed by atoms with van der Waals surface area (Å²) in [6.45, 7) is 4.56. The van der Waals surface area contributed by atoms with Crippen LogP contribution in [-0.2, 0) is 23.7 Å². The number of carbonyl (C=O) groups excluding carboxylic acids is 1. The molecule has 0 aromatic carbocycles. The molecule has 0 saturated carbocycles. The normalized spacial score (nSPS) is 20.0. The summed E-state index contributed by atoms with van der Waals surface area (Å²) in [7, 11) is 0. The fourth-order valence-electron chi connectivity index (χ4n) is 7.93. The van der Waals surface area contributed by atoms with Gasteiger partial charge in [-0.25, -0.2) is 0 Å². The molecule has 0 amide bonds. The van der Waals surface area contributed by atoms with E-state index >= 15 is 0 Å². The van der Waals surface area contributed by atoms with Crippen LogP contribution >= 0.6 is 0 Å². The Labute approximate surface area is 380 Å². The van der Waals surface area contributed by atoms with Crippen molar-refractivity contribution in [3.05, 3.63) is 36.5 Å². The van der Waals surface area contributed by atoms with E-state index in [4.69, 9.17) is 18.9 Å². The molecule has 1 heterocycles. The van der Waals surface area contributed by atoms with Crippen molar-refractivity contribution in [3.8, 4) is 0 Å². The summed E-state index contributed by atoms with van der Waals surface area (Å²) in [5.41, 5.74) is 0. The van der Waals surface area contributed by atoms with Crippen molar-refractivity contribution in [3.63, 3.8) is 0 Å².